The average Bonchev–Trinajstić information content (AvgIpc) is 2.92. The maximum absolute atomic E-state index is 6.53. The van der Waals surface area contributed by atoms with Gasteiger partial charge in [-0.25, -0.2) is 0 Å². The van der Waals surface area contributed by atoms with Crippen molar-refractivity contribution in [3.05, 3.63) is 0 Å². The Balaban J connectivity index is 1.90. The third kappa shape index (κ3) is 4.44. The molecule has 1 saturated carbocycles. The molecule has 0 aromatic heterocycles. The van der Waals surface area contributed by atoms with Gasteiger partial charge in [-0.15, -0.1) is 0 Å². The zero-order valence-corrected chi connectivity index (χ0v) is 13.6. The number of ether oxygens (including phenoxy) is 2. The third-order valence-corrected chi connectivity index (χ3v) is 5.06. The molecule has 0 aromatic rings. The molecule has 2 fully saturated rings. The van der Waals surface area contributed by atoms with Crippen molar-refractivity contribution in [3.63, 3.8) is 0 Å². The van der Waals surface area contributed by atoms with Gasteiger partial charge in [-0.3, -0.25) is 0 Å². The molecule has 1 N–H and O–H groups in total. The van der Waals surface area contributed by atoms with Crippen molar-refractivity contribution in [2.24, 2.45) is 11.8 Å². The number of nitrogens with one attached hydrogen (secondary N) is 1. The zero-order valence-electron chi connectivity index (χ0n) is 13.6. The second-order valence-corrected chi connectivity index (χ2v) is 7.04. The van der Waals surface area contributed by atoms with Crippen LogP contribution < -0.4 is 5.32 Å². The summed E-state index contributed by atoms with van der Waals surface area (Å²) >= 11 is 0. The Morgan fingerprint density at radius 3 is 2.55 bits per heavy atom. The maximum atomic E-state index is 6.53. The lowest BCUT2D eigenvalue weighted by Gasteiger charge is -2.43. The van der Waals surface area contributed by atoms with Crippen LogP contribution in [-0.2, 0) is 9.47 Å². The largest absolute Gasteiger partial charge is 0.379 e. The summed E-state index contributed by atoms with van der Waals surface area (Å²) in [5.74, 6) is 1.70. The number of hydrogen-bond donors (Lipinski definition) is 1. The van der Waals surface area contributed by atoms with Gasteiger partial charge in [0.05, 0.1) is 18.3 Å². The van der Waals surface area contributed by atoms with Crippen molar-refractivity contribution in [3.8, 4) is 0 Å². The van der Waals surface area contributed by atoms with E-state index < -0.39 is 0 Å². The molecule has 1 unspecified atom stereocenters. The van der Waals surface area contributed by atoms with Gasteiger partial charge in [0.1, 0.15) is 0 Å². The van der Waals surface area contributed by atoms with Gasteiger partial charge in [-0.1, -0.05) is 20.8 Å². The summed E-state index contributed by atoms with van der Waals surface area (Å²) in [5.41, 5.74) is 0.0684. The second-order valence-electron chi connectivity index (χ2n) is 7.04. The molecular formula is C17H33NO2. The Morgan fingerprint density at radius 2 is 2.00 bits per heavy atom. The van der Waals surface area contributed by atoms with Crippen molar-refractivity contribution in [1.82, 2.24) is 5.32 Å². The molecule has 20 heavy (non-hydrogen) atoms. The van der Waals surface area contributed by atoms with Crippen LogP contribution in [0.4, 0.5) is 0 Å². The lowest BCUT2D eigenvalue weighted by molar-refractivity contribution is -0.119. The van der Waals surface area contributed by atoms with Crippen molar-refractivity contribution < 1.29 is 9.47 Å². The molecule has 1 saturated heterocycles. The van der Waals surface area contributed by atoms with Crippen LogP contribution in [0.2, 0.25) is 0 Å². The summed E-state index contributed by atoms with van der Waals surface area (Å²) < 4.78 is 12.0. The summed E-state index contributed by atoms with van der Waals surface area (Å²) in [5, 5.41) is 3.60. The molecule has 1 atom stereocenters. The Labute approximate surface area is 124 Å². The molecule has 0 bridgehead atoms. The van der Waals surface area contributed by atoms with E-state index in [0.29, 0.717) is 6.10 Å². The van der Waals surface area contributed by atoms with E-state index in [1.165, 1.54) is 32.1 Å². The van der Waals surface area contributed by atoms with Crippen LogP contribution in [0.25, 0.3) is 0 Å². The Hall–Kier alpha value is -0.120. The maximum Gasteiger partial charge on any atom is 0.0838 e. The molecule has 2 aliphatic rings. The van der Waals surface area contributed by atoms with Crippen LogP contribution >= 0.6 is 0 Å². The van der Waals surface area contributed by atoms with E-state index in [1.54, 1.807) is 0 Å². The van der Waals surface area contributed by atoms with Crippen LogP contribution in [0.3, 0.4) is 0 Å². The lowest BCUT2D eigenvalue weighted by Crippen LogP contribution is -2.48. The minimum absolute atomic E-state index is 0.0684. The van der Waals surface area contributed by atoms with E-state index in [4.69, 9.17) is 9.47 Å². The Bertz CT molecular complexity index is 266. The Kier molecular flexibility index (Phi) is 6.31. The van der Waals surface area contributed by atoms with Gasteiger partial charge in [0.2, 0.25) is 0 Å². The van der Waals surface area contributed by atoms with Crippen LogP contribution in [0, 0.1) is 11.8 Å². The Morgan fingerprint density at radius 1 is 1.25 bits per heavy atom. The van der Waals surface area contributed by atoms with Gasteiger partial charge < -0.3 is 14.8 Å². The summed E-state index contributed by atoms with van der Waals surface area (Å²) in [6, 6.07) is 0. The van der Waals surface area contributed by atoms with Gasteiger partial charge in [0.25, 0.3) is 0 Å². The molecular weight excluding hydrogens is 250 g/mol. The second kappa shape index (κ2) is 7.77. The summed E-state index contributed by atoms with van der Waals surface area (Å²) in [4.78, 5) is 0. The van der Waals surface area contributed by atoms with Crippen molar-refractivity contribution in [2.75, 3.05) is 26.3 Å². The number of rotatable bonds is 7. The van der Waals surface area contributed by atoms with E-state index in [2.05, 4.69) is 26.1 Å². The zero-order chi connectivity index (χ0) is 14.4. The molecule has 0 amide bonds. The van der Waals surface area contributed by atoms with Crippen molar-refractivity contribution >= 4 is 0 Å². The third-order valence-electron chi connectivity index (χ3n) is 5.06. The van der Waals surface area contributed by atoms with Gasteiger partial charge in [-0.05, 0) is 56.9 Å². The SMILES string of the molecule is CCCNCC1(OC2CCOC2)CCC(C(C)C)CC1. The highest BCUT2D eigenvalue weighted by molar-refractivity contribution is 4.91. The van der Waals surface area contributed by atoms with Gasteiger partial charge >= 0.3 is 0 Å². The molecule has 1 heterocycles. The fraction of sp³-hybridized carbons (Fsp3) is 1.00. The predicted molar refractivity (Wildman–Crippen MR) is 83.0 cm³/mol. The van der Waals surface area contributed by atoms with Gasteiger partial charge in [0, 0.05) is 13.2 Å². The van der Waals surface area contributed by atoms with Crippen LogP contribution in [-0.4, -0.2) is 38.0 Å². The molecule has 0 aromatic carbocycles. The van der Waals surface area contributed by atoms with E-state index in [-0.39, 0.29) is 5.60 Å². The highest BCUT2D eigenvalue weighted by atomic mass is 16.6. The fourth-order valence-corrected chi connectivity index (χ4v) is 3.62. The van der Waals surface area contributed by atoms with Crippen LogP contribution in [0.1, 0.15) is 59.3 Å². The highest BCUT2D eigenvalue weighted by Gasteiger charge is 2.39. The minimum atomic E-state index is 0.0684. The average molecular weight is 283 g/mol. The van der Waals surface area contributed by atoms with Gasteiger partial charge in [0.15, 0.2) is 0 Å². The van der Waals surface area contributed by atoms with Crippen molar-refractivity contribution in [1.29, 1.82) is 0 Å². The van der Waals surface area contributed by atoms with E-state index in [0.717, 1.165) is 44.6 Å². The molecule has 1 aliphatic heterocycles. The standard InChI is InChI=1S/C17H33NO2/c1-4-10-18-13-17(20-16-7-11-19-12-16)8-5-15(6-9-17)14(2)3/h14-16,18H,4-13H2,1-3H3. The number of hydrogen-bond acceptors (Lipinski definition) is 3. The van der Waals surface area contributed by atoms with E-state index in [1.807, 2.05) is 0 Å². The highest BCUT2D eigenvalue weighted by Crippen LogP contribution is 2.39. The topological polar surface area (TPSA) is 30.5 Å². The lowest BCUT2D eigenvalue weighted by atomic mass is 9.74. The van der Waals surface area contributed by atoms with Crippen LogP contribution in [0.5, 0.6) is 0 Å². The van der Waals surface area contributed by atoms with Crippen LogP contribution in [0.15, 0.2) is 0 Å². The van der Waals surface area contributed by atoms with E-state index in [9.17, 15) is 0 Å². The first-order valence-electron chi connectivity index (χ1n) is 8.61. The molecule has 1 aliphatic carbocycles. The monoisotopic (exact) mass is 283 g/mol. The van der Waals surface area contributed by atoms with Crippen molar-refractivity contribution in [2.45, 2.75) is 71.0 Å². The molecule has 0 spiro atoms. The predicted octanol–water partition coefficient (Wildman–Crippen LogP) is 3.38. The fourth-order valence-electron chi connectivity index (χ4n) is 3.62. The normalized spacial score (nSPS) is 34.8. The first-order valence-corrected chi connectivity index (χ1v) is 8.61. The molecule has 0 radical (unpaired) electrons. The van der Waals surface area contributed by atoms with Gasteiger partial charge in [-0.2, -0.15) is 0 Å². The molecule has 3 nitrogen and oxygen atoms in total. The molecule has 118 valence electrons. The first kappa shape index (κ1) is 16.3. The smallest absolute Gasteiger partial charge is 0.0838 e. The summed E-state index contributed by atoms with van der Waals surface area (Å²) in [7, 11) is 0. The first-order chi connectivity index (χ1) is 9.65. The molecule has 3 heteroatoms. The van der Waals surface area contributed by atoms with E-state index >= 15 is 0 Å². The minimum Gasteiger partial charge on any atom is -0.379 e. The summed E-state index contributed by atoms with van der Waals surface area (Å²) in [6.07, 6.45) is 7.65. The molecule has 2 rings (SSSR count). The quantitative estimate of drug-likeness (QED) is 0.727. The summed E-state index contributed by atoms with van der Waals surface area (Å²) in [6.45, 7) is 10.7.